The van der Waals surface area contributed by atoms with Crippen LogP contribution in [-0.4, -0.2) is 28.4 Å². The fraction of sp³-hybridized carbons (Fsp3) is 0.429. The highest BCUT2D eigenvalue weighted by molar-refractivity contribution is 5.98. The lowest BCUT2D eigenvalue weighted by molar-refractivity contribution is -0.188. The second-order valence-corrected chi connectivity index (χ2v) is 2.69. The smallest absolute Gasteiger partial charge is 0.328 e. The molecule has 0 saturated heterocycles. The number of hydrogen-bond acceptors (Lipinski definition) is 4. The van der Waals surface area contributed by atoms with E-state index < -0.39 is 23.6 Å². The van der Waals surface area contributed by atoms with E-state index in [0.717, 1.165) is 19.4 Å². The van der Waals surface area contributed by atoms with Gasteiger partial charge in [-0.25, -0.2) is 0 Å². The summed E-state index contributed by atoms with van der Waals surface area (Å²) in [5, 5.41) is 17.4. The van der Waals surface area contributed by atoms with Crippen LogP contribution in [0, 0.1) is 5.41 Å². The summed E-state index contributed by atoms with van der Waals surface area (Å²) < 4.78 is 9.35. The minimum absolute atomic E-state index is 1.02. The number of carboxylic acids is 2. The Labute approximate surface area is 73.4 Å². The molecule has 0 saturated carbocycles. The Bertz CT molecular complexity index is 246. The molecule has 72 valence electrons. The number of rotatable bonds is 3. The van der Waals surface area contributed by atoms with Gasteiger partial charge in [0.05, 0.1) is 0 Å². The molecule has 0 amide bonds. The van der Waals surface area contributed by atoms with Gasteiger partial charge in [-0.15, -0.1) is 0 Å². The van der Waals surface area contributed by atoms with Crippen molar-refractivity contribution < 1.29 is 29.3 Å². The van der Waals surface area contributed by atoms with Crippen molar-refractivity contribution in [1.29, 1.82) is 0 Å². The first-order chi connectivity index (χ1) is 5.99. The molecule has 0 atom stereocenters. The van der Waals surface area contributed by atoms with Gasteiger partial charge in [-0.1, -0.05) is 0 Å². The Morgan fingerprint density at radius 1 is 1.23 bits per heavy atom. The third kappa shape index (κ3) is 1.30. The molecule has 2 N–H and O–H groups in total. The lowest BCUT2D eigenvalue weighted by atomic mass is 9.90. The van der Waals surface area contributed by atoms with E-state index in [4.69, 9.17) is 10.2 Å². The van der Waals surface area contributed by atoms with Gasteiger partial charge in [-0.05, 0) is 6.92 Å². The maximum absolute atomic E-state index is 10.7. The summed E-state index contributed by atoms with van der Waals surface area (Å²) in [7, 11) is 0. The molecule has 0 aromatic rings. The molecular formula is C7H8O6. The average Bonchev–Trinajstić information content (AvgIpc) is 2.54. The molecule has 1 aliphatic rings. The SMILES string of the molecule is CC(C(=O)O)(C(=O)O)C1OC=CO1. The third-order valence-electron chi connectivity index (χ3n) is 1.82. The quantitative estimate of drug-likeness (QED) is 0.606. The van der Waals surface area contributed by atoms with Gasteiger partial charge in [0.15, 0.2) is 0 Å². The molecule has 0 spiro atoms. The summed E-state index contributed by atoms with van der Waals surface area (Å²) in [6, 6.07) is 0. The van der Waals surface area contributed by atoms with Gasteiger partial charge in [-0.2, -0.15) is 0 Å². The molecule has 0 radical (unpaired) electrons. The van der Waals surface area contributed by atoms with Crippen LogP contribution in [0.5, 0.6) is 0 Å². The fourth-order valence-electron chi connectivity index (χ4n) is 0.804. The molecular weight excluding hydrogens is 180 g/mol. The van der Waals surface area contributed by atoms with Gasteiger partial charge in [0.25, 0.3) is 6.29 Å². The molecule has 13 heavy (non-hydrogen) atoms. The number of carboxylic acid groups (broad SMARTS) is 2. The molecule has 6 heteroatoms. The van der Waals surface area contributed by atoms with Gasteiger partial charge in [-0.3, -0.25) is 9.59 Å². The Balaban J connectivity index is 2.90. The molecule has 6 nitrogen and oxygen atoms in total. The van der Waals surface area contributed by atoms with Crippen molar-refractivity contribution in [3.63, 3.8) is 0 Å². The predicted octanol–water partition coefficient (Wildman–Crippen LogP) is 0.00600. The summed E-state index contributed by atoms with van der Waals surface area (Å²) in [6.07, 6.45) is 0.895. The molecule has 1 rings (SSSR count). The summed E-state index contributed by atoms with van der Waals surface area (Å²) in [5.41, 5.74) is -2.09. The number of carbonyl (C=O) groups is 2. The molecule has 0 bridgehead atoms. The molecule has 0 aliphatic carbocycles. The van der Waals surface area contributed by atoms with Crippen LogP contribution in [0.4, 0.5) is 0 Å². The highest BCUT2D eigenvalue weighted by Crippen LogP contribution is 2.29. The van der Waals surface area contributed by atoms with Crippen molar-refractivity contribution in [3.8, 4) is 0 Å². The predicted molar refractivity (Wildman–Crippen MR) is 38.5 cm³/mol. The van der Waals surface area contributed by atoms with Crippen LogP contribution in [0.15, 0.2) is 12.5 Å². The van der Waals surface area contributed by atoms with Gasteiger partial charge < -0.3 is 19.7 Å². The van der Waals surface area contributed by atoms with E-state index in [1.54, 1.807) is 0 Å². The van der Waals surface area contributed by atoms with Gasteiger partial charge in [0, 0.05) is 0 Å². The fourth-order valence-corrected chi connectivity index (χ4v) is 0.804. The Hall–Kier alpha value is -1.72. The van der Waals surface area contributed by atoms with Crippen molar-refractivity contribution in [3.05, 3.63) is 12.5 Å². The summed E-state index contributed by atoms with van der Waals surface area (Å²) in [6.45, 7) is 1.02. The Kier molecular flexibility index (Phi) is 2.14. The van der Waals surface area contributed by atoms with Crippen LogP contribution in [-0.2, 0) is 19.1 Å². The van der Waals surface area contributed by atoms with Crippen LogP contribution in [0.25, 0.3) is 0 Å². The van der Waals surface area contributed by atoms with E-state index in [1.165, 1.54) is 0 Å². The molecule has 0 aromatic heterocycles. The second-order valence-electron chi connectivity index (χ2n) is 2.69. The van der Waals surface area contributed by atoms with Crippen molar-refractivity contribution in [1.82, 2.24) is 0 Å². The first-order valence-corrected chi connectivity index (χ1v) is 3.42. The minimum atomic E-state index is -2.09. The van der Waals surface area contributed by atoms with Crippen LogP contribution in [0.3, 0.4) is 0 Å². The molecule has 0 aromatic carbocycles. The van der Waals surface area contributed by atoms with E-state index in [-0.39, 0.29) is 0 Å². The Morgan fingerprint density at radius 3 is 1.92 bits per heavy atom. The second kappa shape index (κ2) is 2.96. The van der Waals surface area contributed by atoms with E-state index in [1.807, 2.05) is 0 Å². The number of aliphatic carboxylic acids is 2. The van der Waals surface area contributed by atoms with Crippen LogP contribution < -0.4 is 0 Å². The van der Waals surface area contributed by atoms with Crippen LogP contribution >= 0.6 is 0 Å². The zero-order chi connectivity index (χ0) is 10.1. The summed E-state index contributed by atoms with van der Waals surface area (Å²) in [5.74, 6) is -3.01. The largest absolute Gasteiger partial charge is 0.480 e. The number of ether oxygens (including phenoxy) is 2. The lowest BCUT2D eigenvalue weighted by Crippen LogP contribution is -2.47. The van der Waals surface area contributed by atoms with Gasteiger partial charge in [0.1, 0.15) is 12.5 Å². The highest BCUT2D eigenvalue weighted by atomic mass is 16.7. The normalized spacial score (nSPS) is 16.4. The maximum atomic E-state index is 10.7. The molecule has 0 fully saturated rings. The standard InChI is InChI=1S/C7H8O6/c1-7(4(8)9,5(10)11)6-12-2-3-13-6/h2-3,6H,1H3,(H,8,9)(H,10,11). The molecule has 1 aliphatic heterocycles. The van der Waals surface area contributed by atoms with E-state index >= 15 is 0 Å². The van der Waals surface area contributed by atoms with E-state index in [2.05, 4.69) is 9.47 Å². The van der Waals surface area contributed by atoms with E-state index in [9.17, 15) is 9.59 Å². The zero-order valence-electron chi connectivity index (χ0n) is 6.76. The monoisotopic (exact) mass is 188 g/mol. The highest BCUT2D eigenvalue weighted by Gasteiger charge is 2.53. The van der Waals surface area contributed by atoms with Gasteiger partial charge >= 0.3 is 11.9 Å². The Morgan fingerprint density at radius 2 is 1.62 bits per heavy atom. The molecule has 1 heterocycles. The van der Waals surface area contributed by atoms with Crippen LogP contribution in [0.2, 0.25) is 0 Å². The van der Waals surface area contributed by atoms with Crippen molar-refractivity contribution in [2.75, 3.05) is 0 Å². The first kappa shape index (κ1) is 9.37. The third-order valence-corrected chi connectivity index (χ3v) is 1.82. The van der Waals surface area contributed by atoms with Crippen LogP contribution in [0.1, 0.15) is 6.92 Å². The minimum Gasteiger partial charge on any atom is -0.480 e. The maximum Gasteiger partial charge on any atom is 0.328 e. The van der Waals surface area contributed by atoms with Gasteiger partial charge in [0.2, 0.25) is 5.41 Å². The molecule has 0 unspecified atom stereocenters. The summed E-state index contributed by atoms with van der Waals surface area (Å²) in [4.78, 5) is 21.4. The lowest BCUT2D eigenvalue weighted by Gasteiger charge is -2.24. The number of hydrogen-bond donors (Lipinski definition) is 2. The van der Waals surface area contributed by atoms with Crippen molar-refractivity contribution in [2.45, 2.75) is 13.2 Å². The topological polar surface area (TPSA) is 93.1 Å². The first-order valence-electron chi connectivity index (χ1n) is 3.42. The zero-order valence-corrected chi connectivity index (χ0v) is 6.76. The van der Waals surface area contributed by atoms with Crippen molar-refractivity contribution >= 4 is 11.9 Å². The summed E-state index contributed by atoms with van der Waals surface area (Å²) >= 11 is 0. The average molecular weight is 188 g/mol. The van der Waals surface area contributed by atoms with Crippen molar-refractivity contribution in [2.24, 2.45) is 5.41 Å². The van der Waals surface area contributed by atoms with E-state index in [0.29, 0.717) is 0 Å².